The highest BCUT2D eigenvalue weighted by Gasteiger charge is 2.31. The Kier molecular flexibility index (Phi) is 14.8. The first kappa shape index (κ1) is 52.0. The van der Waals surface area contributed by atoms with Gasteiger partial charge in [0.2, 0.25) is 0 Å². The highest BCUT2D eigenvalue weighted by atomic mass is 32.2. The van der Waals surface area contributed by atoms with Crippen molar-refractivity contribution >= 4 is 90.2 Å². The smallest absolute Gasteiger partial charge is 0.265 e. The second kappa shape index (κ2) is 21.0. The minimum absolute atomic E-state index is 0.175. The van der Waals surface area contributed by atoms with E-state index in [0.29, 0.717) is 93.5 Å². The van der Waals surface area contributed by atoms with Crippen LogP contribution in [0, 0.1) is 41.5 Å². The van der Waals surface area contributed by atoms with Crippen molar-refractivity contribution in [2.45, 2.75) is 77.0 Å². The third kappa shape index (κ3) is 11.0. The fourth-order valence-electron chi connectivity index (χ4n) is 9.00. The van der Waals surface area contributed by atoms with Gasteiger partial charge in [-0.05, 0) is 138 Å². The molecule has 0 fully saturated rings. The summed E-state index contributed by atoms with van der Waals surface area (Å²) >= 11 is 0. The van der Waals surface area contributed by atoms with E-state index in [2.05, 4.69) is 40.7 Å². The summed E-state index contributed by atoms with van der Waals surface area (Å²) in [5, 5.41) is 11.4. The first-order valence-electron chi connectivity index (χ1n) is 23.7. The third-order valence-corrected chi connectivity index (χ3v) is 15.5. The van der Waals surface area contributed by atoms with Gasteiger partial charge in [-0.2, -0.15) is 0 Å². The fraction of sp³-hybridized carbons (Fsp3) is 0.222. The zero-order valence-corrected chi connectivity index (χ0v) is 43.0. The van der Waals surface area contributed by atoms with Gasteiger partial charge in [0.05, 0.1) is 32.1 Å². The number of amides is 6. The van der Waals surface area contributed by atoms with Crippen LogP contribution in [-0.4, -0.2) is 75.3 Å². The van der Waals surface area contributed by atoms with Crippen molar-refractivity contribution in [1.29, 1.82) is 0 Å². The van der Waals surface area contributed by atoms with Crippen LogP contribution in [0.3, 0.4) is 0 Å². The van der Waals surface area contributed by atoms with E-state index in [-0.39, 0.29) is 43.9 Å². The Morgan fingerprint density at radius 1 is 0.500 bits per heavy atom. The van der Waals surface area contributed by atoms with Gasteiger partial charge in [0.25, 0.3) is 55.5 Å². The minimum atomic E-state index is -4.31. The number of aromatic amines is 2. The van der Waals surface area contributed by atoms with Crippen LogP contribution < -0.4 is 30.7 Å². The Morgan fingerprint density at radius 3 is 1.27 bits per heavy atom. The van der Waals surface area contributed by atoms with E-state index >= 15 is 0 Å². The molecule has 6 amide bonds. The number of fused-ring (bicyclic) bond motifs is 2. The lowest BCUT2D eigenvalue weighted by Gasteiger charge is -2.09. The first-order valence-corrected chi connectivity index (χ1v) is 26.7. The van der Waals surface area contributed by atoms with Gasteiger partial charge in [-0.1, -0.05) is 48.2 Å². The number of carbonyl (C=O) groups is 6. The van der Waals surface area contributed by atoms with Gasteiger partial charge in [0.15, 0.2) is 0 Å². The fourth-order valence-corrected chi connectivity index (χ4v) is 11.0. The van der Waals surface area contributed by atoms with Crippen molar-refractivity contribution in [1.82, 2.24) is 30.0 Å². The molecular weight excluding hydrogens is 985 g/mol. The molecule has 0 radical (unpaired) electrons. The molecule has 6 aromatic rings. The second-order valence-corrected chi connectivity index (χ2v) is 21.7. The van der Waals surface area contributed by atoms with Crippen LogP contribution in [0.4, 0.5) is 11.4 Å². The standard InChI is InChI=1S/C54H54N8O10S2/c1-29-13-11-15-35(23-29)49(63)61-73(69,70)37-17-19-43-39(25-37)41(51(65)59-43)27-45-31(3)47(33(5)57-45)53(67)55-21-9-7-8-10-22-56-54(68)48-32(4)46(58-34(48)6)28-42-40-26-38(18-20-44(40)60-52(42)66)74(71,72)62-50(64)36-16-12-14-30(2)24-36/h11-20,23-28,57-58H,7-10,21-22H2,1-6H3,(H,55,67)(H,56,68)(H,59,65)(H,60,66)(H,61,63)(H,62,64)/b41-27-,42-28+. The van der Waals surface area contributed by atoms with Gasteiger partial charge in [0, 0.05) is 69.5 Å². The van der Waals surface area contributed by atoms with Crippen LogP contribution >= 0.6 is 0 Å². The highest BCUT2D eigenvalue weighted by Crippen LogP contribution is 2.37. The number of unbranched alkanes of at least 4 members (excludes halogenated alkanes) is 3. The van der Waals surface area contributed by atoms with E-state index in [1.807, 2.05) is 0 Å². The molecule has 0 spiro atoms. The molecule has 0 unspecified atom stereocenters. The summed E-state index contributed by atoms with van der Waals surface area (Å²) in [5.74, 6) is -3.11. The number of hydrogen-bond acceptors (Lipinski definition) is 10. The van der Waals surface area contributed by atoms with Crippen LogP contribution in [0.15, 0.2) is 94.7 Å². The van der Waals surface area contributed by atoms with Crippen molar-refractivity contribution in [2.24, 2.45) is 0 Å². The van der Waals surface area contributed by atoms with E-state index in [9.17, 15) is 45.6 Å². The summed E-state index contributed by atoms with van der Waals surface area (Å²) in [6, 6.07) is 21.2. The lowest BCUT2D eigenvalue weighted by Crippen LogP contribution is -2.30. The van der Waals surface area contributed by atoms with E-state index in [0.717, 1.165) is 24.0 Å². The van der Waals surface area contributed by atoms with Gasteiger partial charge < -0.3 is 31.2 Å². The molecule has 2 aromatic heterocycles. The summed E-state index contributed by atoms with van der Waals surface area (Å²) < 4.78 is 57.3. The van der Waals surface area contributed by atoms with E-state index in [4.69, 9.17) is 0 Å². The Bertz CT molecular complexity index is 3410. The van der Waals surface area contributed by atoms with Crippen LogP contribution in [0.1, 0.15) is 123 Å². The molecule has 20 heteroatoms. The lowest BCUT2D eigenvalue weighted by atomic mass is 10.0. The number of nitrogens with one attached hydrogen (secondary N) is 8. The largest absolute Gasteiger partial charge is 0.358 e. The maximum absolute atomic E-state index is 13.4. The number of H-pyrrole nitrogens is 2. The predicted octanol–water partition coefficient (Wildman–Crippen LogP) is 7.14. The van der Waals surface area contributed by atoms with Crippen molar-refractivity contribution in [3.05, 3.63) is 163 Å². The van der Waals surface area contributed by atoms with Crippen LogP contribution in [-0.2, 0) is 29.6 Å². The maximum Gasteiger partial charge on any atom is 0.265 e. The molecular formula is C54H54N8O10S2. The molecule has 0 saturated carbocycles. The second-order valence-electron chi connectivity index (χ2n) is 18.3. The topological polar surface area (TPSA) is 274 Å². The van der Waals surface area contributed by atoms with Crippen LogP contribution in [0.2, 0.25) is 0 Å². The quantitative estimate of drug-likeness (QED) is 0.0338. The van der Waals surface area contributed by atoms with Gasteiger partial charge >= 0.3 is 0 Å². The summed E-state index contributed by atoms with van der Waals surface area (Å²) in [6.45, 7) is 11.3. The van der Waals surface area contributed by atoms with Crippen molar-refractivity contribution in [3.63, 3.8) is 0 Å². The van der Waals surface area contributed by atoms with Gasteiger partial charge in [0.1, 0.15) is 0 Å². The third-order valence-electron chi connectivity index (χ3n) is 12.8. The molecule has 382 valence electrons. The lowest BCUT2D eigenvalue weighted by molar-refractivity contribution is -0.111. The first-order chi connectivity index (χ1) is 35.1. The molecule has 8 rings (SSSR count). The molecule has 4 aromatic carbocycles. The van der Waals surface area contributed by atoms with E-state index < -0.39 is 43.7 Å². The zero-order valence-electron chi connectivity index (χ0n) is 41.4. The SMILES string of the molecule is Cc1cccc(C(=O)NS(=O)(=O)c2ccc3c(c2)/C(=C/c2[nH]c(C)c(C(=O)NCCCCCCNC(=O)c4c(C)[nH]c(/C=C5/C(=O)Nc6ccc(S(=O)(=O)NC(=O)c7cccc(C)c7)cc65)c4C)c2C)C(=O)N3)c1. The van der Waals surface area contributed by atoms with Gasteiger partial charge in [-0.3, -0.25) is 28.8 Å². The number of carbonyl (C=O) groups excluding carboxylic acids is 6. The monoisotopic (exact) mass is 1040 g/mol. The van der Waals surface area contributed by atoms with Gasteiger partial charge in [-0.25, -0.2) is 26.3 Å². The summed E-state index contributed by atoms with van der Waals surface area (Å²) in [6.07, 6.45) is 6.02. The van der Waals surface area contributed by atoms with Crippen LogP contribution in [0.25, 0.3) is 23.3 Å². The number of aromatic nitrogens is 2. The number of sulfonamides is 2. The van der Waals surface area contributed by atoms with Crippen molar-refractivity contribution < 1.29 is 45.6 Å². The number of benzene rings is 4. The molecule has 0 atom stereocenters. The Balaban J connectivity index is 0.820. The van der Waals surface area contributed by atoms with Crippen LogP contribution in [0.5, 0.6) is 0 Å². The number of aryl methyl sites for hydroxylation is 4. The summed E-state index contributed by atoms with van der Waals surface area (Å²) in [4.78, 5) is 84.7. The Hall–Kier alpha value is -8.36. The normalized spacial score (nSPS) is 14.1. The van der Waals surface area contributed by atoms with E-state index in [1.54, 1.807) is 90.1 Å². The summed E-state index contributed by atoms with van der Waals surface area (Å²) in [5.41, 5.74) is 7.87. The maximum atomic E-state index is 13.4. The number of rotatable bonds is 17. The molecule has 18 nitrogen and oxygen atoms in total. The molecule has 0 saturated heterocycles. The summed E-state index contributed by atoms with van der Waals surface area (Å²) in [7, 11) is -8.62. The average Bonchev–Trinajstić information content (AvgIpc) is 4.03. The highest BCUT2D eigenvalue weighted by molar-refractivity contribution is 7.90. The Morgan fingerprint density at radius 2 is 0.892 bits per heavy atom. The predicted molar refractivity (Wildman–Crippen MR) is 281 cm³/mol. The molecule has 0 aliphatic carbocycles. The van der Waals surface area contributed by atoms with Crippen molar-refractivity contribution in [3.8, 4) is 0 Å². The Labute approximate surface area is 428 Å². The zero-order chi connectivity index (χ0) is 53.2. The molecule has 2 aliphatic heterocycles. The molecule has 8 N–H and O–H groups in total. The molecule has 4 heterocycles. The minimum Gasteiger partial charge on any atom is -0.358 e. The molecule has 74 heavy (non-hydrogen) atoms. The van der Waals surface area contributed by atoms with E-state index in [1.165, 1.54) is 48.5 Å². The molecule has 0 bridgehead atoms. The average molecular weight is 1040 g/mol. The van der Waals surface area contributed by atoms with Crippen molar-refractivity contribution in [2.75, 3.05) is 23.7 Å². The number of hydrogen-bond donors (Lipinski definition) is 8. The molecule has 2 aliphatic rings. The van der Waals surface area contributed by atoms with Gasteiger partial charge in [-0.15, -0.1) is 0 Å². The number of anilines is 2.